The highest BCUT2D eigenvalue weighted by atomic mass is 16.6. The van der Waals surface area contributed by atoms with Crippen molar-refractivity contribution in [3.05, 3.63) is 28.3 Å². The van der Waals surface area contributed by atoms with E-state index in [0.29, 0.717) is 12.4 Å². The zero-order valence-electron chi connectivity index (χ0n) is 11.8. The van der Waals surface area contributed by atoms with Gasteiger partial charge in [-0.2, -0.15) is 0 Å². The molecule has 0 aliphatic carbocycles. The molecule has 0 spiro atoms. The van der Waals surface area contributed by atoms with Crippen LogP contribution in [0, 0.1) is 10.1 Å². The summed E-state index contributed by atoms with van der Waals surface area (Å²) in [6.07, 6.45) is 0. The van der Waals surface area contributed by atoms with Gasteiger partial charge >= 0.3 is 5.69 Å². The number of nitro groups is 1. The Morgan fingerprint density at radius 2 is 2.16 bits per heavy atom. The molecular formula is C13H21N3O3. The summed E-state index contributed by atoms with van der Waals surface area (Å²) in [4.78, 5) is 12.5. The number of rotatable bonds is 7. The lowest BCUT2D eigenvalue weighted by Gasteiger charge is -2.19. The molecule has 0 aliphatic heterocycles. The van der Waals surface area contributed by atoms with E-state index in [0.717, 1.165) is 12.2 Å². The van der Waals surface area contributed by atoms with Crippen molar-refractivity contribution in [3.63, 3.8) is 0 Å². The minimum absolute atomic E-state index is 0.00679. The SMILES string of the molecule is CCOc1cc(NC(C)CN(C)C)ccc1[N+](=O)[O-]. The fourth-order valence-electron chi connectivity index (χ4n) is 1.90. The van der Waals surface area contributed by atoms with Gasteiger partial charge in [-0.05, 0) is 34.0 Å². The summed E-state index contributed by atoms with van der Waals surface area (Å²) in [5, 5.41) is 14.2. The second-order valence-corrected chi connectivity index (χ2v) is 4.68. The molecule has 0 amide bonds. The predicted molar refractivity (Wildman–Crippen MR) is 75.9 cm³/mol. The van der Waals surface area contributed by atoms with Crippen LogP contribution in [0.25, 0.3) is 0 Å². The van der Waals surface area contributed by atoms with E-state index in [2.05, 4.69) is 17.1 Å². The molecule has 0 saturated carbocycles. The maximum atomic E-state index is 10.9. The zero-order chi connectivity index (χ0) is 14.4. The van der Waals surface area contributed by atoms with E-state index in [4.69, 9.17) is 4.74 Å². The molecule has 0 aliphatic rings. The van der Waals surface area contributed by atoms with Crippen LogP contribution < -0.4 is 10.1 Å². The Kier molecular flexibility index (Phi) is 5.57. The van der Waals surface area contributed by atoms with Crippen LogP contribution >= 0.6 is 0 Å². The van der Waals surface area contributed by atoms with Crippen molar-refractivity contribution in [2.24, 2.45) is 0 Å². The number of nitro benzene ring substituents is 1. The maximum absolute atomic E-state index is 10.9. The van der Waals surface area contributed by atoms with Crippen LogP contribution in [0.5, 0.6) is 5.75 Å². The lowest BCUT2D eigenvalue weighted by molar-refractivity contribution is -0.385. The Hall–Kier alpha value is -1.82. The standard InChI is InChI=1S/C13H21N3O3/c1-5-19-13-8-11(6-7-12(13)16(17)18)14-10(2)9-15(3)4/h6-8,10,14H,5,9H2,1-4H3. The van der Waals surface area contributed by atoms with Crippen LogP contribution in [0.1, 0.15) is 13.8 Å². The van der Waals surface area contributed by atoms with E-state index in [9.17, 15) is 10.1 Å². The van der Waals surface area contributed by atoms with E-state index < -0.39 is 4.92 Å². The molecule has 0 aromatic heterocycles. The molecule has 1 rings (SSSR count). The van der Waals surface area contributed by atoms with E-state index in [1.807, 2.05) is 14.1 Å². The third kappa shape index (κ3) is 4.75. The van der Waals surface area contributed by atoms with Crippen LogP contribution in [0.3, 0.4) is 0 Å². The first-order valence-corrected chi connectivity index (χ1v) is 6.26. The largest absolute Gasteiger partial charge is 0.487 e. The van der Waals surface area contributed by atoms with Gasteiger partial charge in [-0.3, -0.25) is 10.1 Å². The minimum atomic E-state index is -0.433. The molecule has 1 aromatic carbocycles. The summed E-state index contributed by atoms with van der Waals surface area (Å²) in [6.45, 7) is 5.14. The summed E-state index contributed by atoms with van der Waals surface area (Å²) < 4.78 is 5.31. The molecule has 1 N–H and O–H groups in total. The molecule has 19 heavy (non-hydrogen) atoms. The molecule has 1 atom stereocenters. The number of anilines is 1. The quantitative estimate of drug-likeness (QED) is 0.606. The Bertz CT molecular complexity index is 435. The van der Waals surface area contributed by atoms with Gasteiger partial charge in [-0.25, -0.2) is 0 Å². The summed E-state index contributed by atoms with van der Waals surface area (Å²) in [7, 11) is 4.00. The second-order valence-electron chi connectivity index (χ2n) is 4.68. The molecule has 0 saturated heterocycles. The Morgan fingerprint density at radius 3 is 2.68 bits per heavy atom. The number of likely N-dealkylation sites (N-methyl/N-ethyl adjacent to an activating group) is 1. The molecule has 0 heterocycles. The van der Waals surface area contributed by atoms with Crippen LogP contribution in [0.4, 0.5) is 11.4 Å². The normalized spacial score (nSPS) is 12.3. The summed E-state index contributed by atoms with van der Waals surface area (Å²) in [5.74, 6) is 0.301. The predicted octanol–water partition coefficient (Wildman–Crippen LogP) is 2.36. The molecule has 0 fully saturated rings. The van der Waals surface area contributed by atoms with Crippen LogP contribution in [0.2, 0.25) is 0 Å². The summed E-state index contributed by atoms with van der Waals surface area (Å²) >= 11 is 0. The number of nitrogens with one attached hydrogen (secondary N) is 1. The topological polar surface area (TPSA) is 67.6 Å². The van der Waals surface area contributed by atoms with Crippen molar-refractivity contribution >= 4 is 11.4 Å². The van der Waals surface area contributed by atoms with Gasteiger partial charge in [0.15, 0.2) is 5.75 Å². The molecule has 1 aromatic rings. The first kappa shape index (κ1) is 15.2. The van der Waals surface area contributed by atoms with Gasteiger partial charge in [0.25, 0.3) is 0 Å². The van der Waals surface area contributed by atoms with E-state index in [-0.39, 0.29) is 11.7 Å². The molecule has 6 nitrogen and oxygen atoms in total. The van der Waals surface area contributed by atoms with Crippen molar-refractivity contribution in [2.45, 2.75) is 19.9 Å². The van der Waals surface area contributed by atoms with Crippen molar-refractivity contribution in [1.29, 1.82) is 0 Å². The summed E-state index contributed by atoms with van der Waals surface area (Å²) in [6, 6.07) is 5.09. The van der Waals surface area contributed by atoms with Gasteiger partial charge in [0.1, 0.15) is 0 Å². The van der Waals surface area contributed by atoms with Crippen molar-refractivity contribution in [1.82, 2.24) is 4.90 Å². The van der Waals surface area contributed by atoms with Crippen molar-refractivity contribution in [2.75, 3.05) is 32.6 Å². The highest BCUT2D eigenvalue weighted by molar-refractivity contribution is 5.58. The van der Waals surface area contributed by atoms with Gasteiger partial charge in [-0.15, -0.1) is 0 Å². The zero-order valence-corrected chi connectivity index (χ0v) is 11.8. The average Bonchev–Trinajstić information content (AvgIpc) is 2.27. The minimum Gasteiger partial charge on any atom is -0.487 e. The van der Waals surface area contributed by atoms with Crippen molar-refractivity contribution in [3.8, 4) is 5.75 Å². The van der Waals surface area contributed by atoms with Gasteiger partial charge in [0, 0.05) is 30.4 Å². The molecule has 106 valence electrons. The fraction of sp³-hybridized carbons (Fsp3) is 0.538. The lowest BCUT2D eigenvalue weighted by atomic mass is 10.2. The maximum Gasteiger partial charge on any atom is 0.311 e. The van der Waals surface area contributed by atoms with Crippen LogP contribution in [-0.4, -0.2) is 43.1 Å². The highest BCUT2D eigenvalue weighted by Gasteiger charge is 2.15. The Morgan fingerprint density at radius 1 is 1.47 bits per heavy atom. The molecule has 0 bridgehead atoms. The van der Waals surface area contributed by atoms with Gasteiger partial charge in [0.05, 0.1) is 11.5 Å². The Labute approximate surface area is 113 Å². The van der Waals surface area contributed by atoms with Crippen LogP contribution in [-0.2, 0) is 0 Å². The number of nitrogens with zero attached hydrogens (tertiary/aromatic N) is 2. The molecule has 0 radical (unpaired) electrons. The van der Waals surface area contributed by atoms with Gasteiger partial charge in [-0.1, -0.05) is 0 Å². The second kappa shape index (κ2) is 6.94. The highest BCUT2D eigenvalue weighted by Crippen LogP contribution is 2.30. The molecular weight excluding hydrogens is 246 g/mol. The van der Waals surface area contributed by atoms with Gasteiger partial charge < -0.3 is 15.0 Å². The number of hydrogen-bond donors (Lipinski definition) is 1. The first-order chi connectivity index (χ1) is 8.93. The third-order valence-corrected chi connectivity index (χ3v) is 2.51. The number of ether oxygens (including phenoxy) is 1. The number of benzene rings is 1. The number of hydrogen-bond acceptors (Lipinski definition) is 5. The van der Waals surface area contributed by atoms with E-state index in [1.165, 1.54) is 6.07 Å². The Balaban J connectivity index is 2.86. The molecule has 6 heteroatoms. The summed E-state index contributed by atoms with van der Waals surface area (Å²) in [5.41, 5.74) is 0.816. The van der Waals surface area contributed by atoms with E-state index >= 15 is 0 Å². The van der Waals surface area contributed by atoms with Gasteiger partial charge in [0.2, 0.25) is 0 Å². The third-order valence-electron chi connectivity index (χ3n) is 2.51. The van der Waals surface area contributed by atoms with Crippen molar-refractivity contribution < 1.29 is 9.66 Å². The lowest BCUT2D eigenvalue weighted by Crippen LogP contribution is -2.29. The van der Waals surface area contributed by atoms with Crippen LogP contribution in [0.15, 0.2) is 18.2 Å². The smallest absolute Gasteiger partial charge is 0.311 e. The molecule has 1 unspecified atom stereocenters. The average molecular weight is 267 g/mol. The van der Waals surface area contributed by atoms with E-state index in [1.54, 1.807) is 19.1 Å². The fourth-order valence-corrected chi connectivity index (χ4v) is 1.90. The first-order valence-electron chi connectivity index (χ1n) is 6.26. The monoisotopic (exact) mass is 267 g/mol.